The van der Waals surface area contributed by atoms with Gasteiger partial charge in [0.2, 0.25) is 0 Å². The molecule has 0 amide bonds. The first-order chi connectivity index (χ1) is 10.0. The van der Waals surface area contributed by atoms with Crippen molar-refractivity contribution in [2.24, 2.45) is 0 Å². The molecule has 2 heterocycles. The molecule has 8 heteroatoms. The third kappa shape index (κ3) is 2.86. The molecule has 1 aliphatic rings. The highest BCUT2D eigenvalue weighted by Gasteiger charge is 2.19. The Morgan fingerprint density at radius 3 is 2.90 bits per heavy atom. The number of pyridine rings is 1. The summed E-state index contributed by atoms with van der Waals surface area (Å²) in [6, 6.07) is 7.92. The number of aliphatic hydroxyl groups excluding tert-OH is 1. The van der Waals surface area contributed by atoms with Gasteiger partial charge in [-0.3, -0.25) is 0 Å². The first-order valence-corrected chi connectivity index (χ1v) is 6.98. The van der Waals surface area contributed by atoms with E-state index in [-0.39, 0.29) is 17.2 Å². The van der Waals surface area contributed by atoms with Crippen LogP contribution in [0, 0.1) is 0 Å². The van der Waals surface area contributed by atoms with Crippen LogP contribution in [0.2, 0.25) is 0 Å². The summed E-state index contributed by atoms with van der Waals surface area (Å²) < 4.78 is 25.3. The Morgan fingerprint density at radius 1 is 1.33 bits per heavy atom. The number of fused-ring (bicyclic) bond motifs is 1. The van der Waals surface area contributed by atoms with E-state index in [1.807, 2.05) is 0 Å². The van der Waals surface area contributed by atoms with Crippen LogP contribution in [-0.4, -0.2) is 15.7 Å². The molecule has 0 saturated carbocycles. The van der Waals surface area contributed by atoms with Crippen molar-refractivity contribution >= 4 is 34.6 Å². The zero-order chi connectivity index (χ0) is 15.0. The summed E-state index contributed by atoms with van der Waals surface area (Å²) >= 11 is 1.26. The van der Waals surface area contributed by atoms with Crippen molar-refractivity contribution in [2.45, 2.75) is 16.9 Å². The summed E-state index contributed by atoms with van der Waals surface area (Å²) in [4.78, 5) is 4.68. The van der Waals surface area contributed by atoms with E-state index in [9.17, 15) is 13.9 Å². The van der Waals surface area contributed by atoms with Crippen molar-refractivity contribution in [2.75, 3.05) is 16.4 Å². The molecule has 1 aromatic heterocycles. The van der Waals surface area contributed by atoms with Crippen molar-refractivity contribution in [1.82, 2.24) is 4.98 Å². The minimum absolute atomic E-state index is 0.184. The molecule has 3 rings (SSSR count). The number of thioether (sulfide) groups is 1. The Kier molecular flexibility index (Phi) is 3.56. The van der Waals surface area contributed by atoms with E-state index in [2.05, 4.69) is 15.6 Å². The molecule has 1 aromatic carbocycles. The van der Waals surface area contributed by atoms with E-state index >= 15 is 0 Å². The number of nitrogens with zero attached hydrogens (tertiary/aromatic N) is 1. The number of aliphatic hydroxyl groups is 1. The zero-order valence-electron chi connectivity index (χ0n) is 10.7. The van der Waals surface area contributed by atoms with Crippen molar-refractivity contribution < 1.29 is 13.9 Å². The highest BCUT2D eigenvalue weighted by atomic mass is 32.2. The van der Waals surface area contributed by atoms with E-state index in [0.717, 1.165) is 10.6 Å². The number of hydrogen-bond acceptors (Lipinski definition) is 6. The van der Waals surface area contributed by atoms with Gasteiger partial charge in [0.25, 0.3) is 6.43 Å². The smallest absolute Gasteiger partial charge is 0.280 e. The average Bonchev–Trinajstić information content (AvgIpc) is 2.80. The van der Waals surface area contributed by atoms with Crippen LogP contribution < -0.4 is 16.4 Å². The second-order valence-electron chi connectivity index (χ2n) is 4.43. The van der Waals surface area contributed by atoms with Crippen LogP contribution in [0.3, 0.4) is 0 Å². The number of halogens is 2. The lowest BCUT2D eigenvalue weighted by molar-refractivity contribution is 0.146. The van der Waals surface area contributed by atoms with E-state index in [0.29, 0.717) is 5.69 Å². The molecule has 0 bridgehead atoms. The maximum atomic E-state index is 12.7. The van der Waals surface area contributed by atoms with Crippen LogP contribution >= 0.6 is 11.8 Å². The summed E-state index contributed by atoms with van der Waals surface area (Å²) in [5.74, 6) is 0.184. The molecule has 0 fully saturated rings. The van der Waals surface area contributed by atoms with Crippen LogP contribution in [0.25, 0.3) is 0 Å². The topological polar surface area (TPSA) is 83.2 Å². The fourth-order valence-electron chi connectivity index (χ4n) is 1.94. The van der Waals surface area contributed by atoms with Crippen molar-refractivity contribution in [3.05, 3.63) is 36.0 Å². The van der Waals surface area contributed by atoms with Crippen LogP contribution in [-0.2, 0) is 0 Å². The first kappa shape index (κ1) is 13.9. The summed E-state index contributed by atoms with van der Waals surface area (Å²) in [6.07, 6.45) is -2.65. The van der Waals surface area contributed by atoms with E-state index in [4.69, 9.17) is 5.73 Å². The monoisotopic (exact) mass is 310 g/mol. The summed E-state index contributed by atoms with van der Waals surface area (Å²) in [6.45, 7) is 0. The second kappa shape index (κ2) is 5.38. The van der Waals surface area contributed by atoms with Gasteiger partial charge in [-0.2, -0.15) is 0 Å². The summed E-state index contributed by atoms with van der Waals surface area (Å²) in [5.41, 5.74) is 6.49. The standard InChI is InChI=1S/C13H12F2N4OS/c14-11(15)9-4-2-7(16)12(18-9)17-6-1-3-8-10(5-6)21-13(20)19-8/h1-5,11,13,19-20H,16H2,(H,17,18). The number of anilines is 4. The van der Waals surface area contributed by atoms with Gasteiger partial charge in [0.1, 0.15) is 5.69 Å². The molecule has 1 unspecified atom stereocenters. The molecule has 0 radical (unpaired) electrons. The van der Waals surface area contributed by atoms with Crippen molar-refractivity contribution in [3.63, 3.8) is 0 Å². The van der Waals surface area contributed by atoms with Gasteiger partial charge >= 0.3 is 0 Å². The van der Waals surface area contributed by atoms with Gasteiger partial charge in [-0.05, 0) is 30.3 Å². The maximum absolute atomic E-state index is 12.7. The molecular formula is C13H12F2N4OS. The molecule has 0 aliphatic carbocycles. The van der Waals surface area contributed by atoms with Crippen molar-refractivity contribution in [1.29, 1.82) is 0 Å². The summed E-state index contributed by atoms with van der Waals surface area (Å²) in [7, 11) is 0. The van der Waals surface area contributed by atoms with Gasteiger partial charge in [-0.25, -0.2) is 13.8 Å². The molecule has 1 atom stereocenters. The van der Waals surface area contributed by atoms with Crippen LogP contribution in [0.15, 0.2) is 35.2 Å². The lowest BCUT2D eigenvalue weighted by Gasteiger charge is -2.11. The molecule has 5 nitrogen and oxygen atoms in total. The van der Waals surface area contributed by atoms with Gasteiger partial charge in [0, 0.05) is 10.6 Å². The Balaban J connectivity index is 1.87. The van der Waals surface area contributed by atoms with Crippen LogP contribution in [0.1, 0.15) is 12.1 Å². The molecule has 110 valence electrons. The van der Waals surface area contributed by atoms with Crippen LogP contribution in [0.5, 0.6) is 0 Å². The number of hydrogen-bond donors (Lipinski definition) is 4. The Labute approximate surface area is 123 Å². The molecular weight excluding hydrogens is 298 g/mol. The molecule has 0 spiro atoms. The minimum atomic E-state index is -2.65. The van der Waals surface area contributed by atoms with E-state index < -0.39 is 12.0 Å². The quantitative estimate of drug-likeness (QED) is 0.697. The van der Waals surface area contributed by atoms with Gasteiger partial charge in [-0.1, -0.05) is 11.8 Å². The Morgan fingerprint density at radius 2 is 2.14 bits per heavy atom. The number of nitrogens with two attached hydrogens (primary N) is 1. The van der Waals surface area contributed by atoms with Crippen LogP contribution in [0.4, 0.5) is 31.7 Å². The largest absolute Gasteiger partial charge is 0.396 e. The molecule has 0 saturated heterocycles. The van der Waals surface area contributed by atoms with Crippen molar-refractivity contribution in [3.8, 4) is 0 Å². The number of nitrogen functional groups attached to an aromatic ring is 1. The fraction of sp³-hybridized carbons (Fsp3) is 0.154. The maximum Gasteiger partial charge on any atom is 0.280 e. The Hall–Kier alpha value is -2.06. The molecule has 5 N–H and O–H groups in total. The highest BCUT2D eigenvalue weighted by molar-refractivity contribution is 8.00. The normalized spacial score (nSPS) is 16.7. The van der Waals surface area contributed by atoms with Gasteiger partial charge in [0.05, 0.1) is 11.4 Å². The minimum Gasteiger partial charge on any atom is -0.396 e. The number of rotatable bonds is 3. The van der Waals surface area contributed by atoms with E-state index in [1.54, 1.807) is 18.2 Å². The van der Waals surface area contributed by atoms with Gasteiger partial charge in [-0.15, -0.1) is 0 Å². The SMILES string of the molecule is Nc1ccc(C(F)F)nc1Nc1ccc2c(c1)SC(O)N2. The zero-order valence-corrected chi connectivity index (χ0v) is 11.5. The van der Waals surface area contributed by atoms with Gasteiger partial charge in [0.15, 0.2) is 11.4 Å². The number of alkyl halides is 2. The lowest BCUT2D eigenvalue weighted by atomic mass is 10.2. The first-order valence-electron chi connectivity index (χ1n) is 6.10. The molecule has 21 heavy (non-hydrogen) atoms. The number of benzene rings is 1. The molecule has 2 aromatic rings. The number of nitrogens with one attached hydrogen (secondary N) is 2. The highest BCUT2D eigenvalue weighted by Crippen LogP contribution is 2.39. The third-order valence-corrected chi connectivity index (χ3v) is 3.87. The number of aromatic nitrogens is 1. The average molecular weight is 310 g/mol. The second-order valence-corrected chi connectivity index (χ2v) is 5.55. The van der Waals surface area contributed by atoms with E-state index in [1.165, 1.54) is 23.9 Å². The predicted molar refractivity (Wildman–Crippen MR) is 78.8 cm³/mol. The van der Waals surface area contributed by atoms with Gasteiger partial charge < -0.3 is 21.5 Å². The predicted octanol–water partition coefficient (Wildman–Crippen LogP) is 3.14. The fourth-order valence-corrected chi connectivity index (χ4v) is 2.82. The molecule has 1 aliphatic heterocycles. The Bertz CT molecular complexity index is 683. The summed E-state index contributed by atoms with van der Waals surface area (Å²) in [5, 5.41) is 15.3. The lowest BCUT2D eigenvalue weighted by Crippen LogP contribution is -2.06. The third-order valence-electron chi connectivity index (χ3n) is 2.93.